The zero-order valence-corrected chi connectivity index (χ0v) is 11.2. The van der Waals surface area contributed by atoms with Crippen molar-refractivity contribution in [3.8, 4) is 0 Å². The summed E-state index contributed by atoms with van der Waals surface area (Å²) in [4.78, 5) is 4.77. The van der Waals surface area contributed by atoms with Gasteiger partial charge in [0, 0.05) is 6.20 Å². The Bertz CT molecular complexity index is 722. The summed E-state index contributed by atoms with van der Waals surface area (Å²) in [6.45, 7) is 2.22. The van der Waals surface area contributed by atoms with Gasteiger partial charge < -0.3 is 4.40 Å². The summed E-state index contributed by atoms with van der Waals surface area (Å²) in [5.41, 5.74) is 4.43. The number of benzene rings is 1. The monoisotopic (exact) mass is 250 g/mol. The van der Waals surface area contributed by atoms with E-state index in [4.69, 9.17) is 4.98 Å². The molecule has 3 rings (SSSR count). The highest BCUT2D eigenvalue weighted by molar-refractivity contribution is 5.82. The molecule has 0 atom stereocenters. The molecule has 0 N–H and O–H groups in total. The largest absolute Gasteiger partial charge is 0.313 e. The number of aromatic nitrogens is 2. The van der Waals surface area contributed by atoms with Gasteiger partial charge in [0.2, 0.25) is 0 Å². The third-order valence-electron chi connectivity index (χ3n) is 3.39. The smallest absolute Gasteiger partial charge is 0.0878 e. The van der Waals surface area contributed by atoms with Crippen LogP contribution >= 0.6 is 0 Å². The van der Waals surface area contributed by atoms with Gasteiger partial charge in [0.1, 0.15) is 0 Å². The highest BCUT2D eigenvalue weighted by atomic mass is 14.9. The average molecular weight is 250 g/mol. The van der Waals surface area contributed by atoms with Crippen molar-refractivity contribution in [2.45, 2.75) is 26.2 Å². The molecule has 3 aromatic rings. The molecule has 0 saturated carbocycles. The number of para-hydroxylation sites is 2. The molecule has 2 nitrogen and oxygen atoms in total. The SMILES string of the molecule is CCCC/C=C/c1nc2ccccc2n2cccc12. The molecule has 2 heteroatoms. The molecule has 19 heavy (non-hydrogen) atoms. The second-order valence-corrected chi connectivity index (χ2v) is 4.79. The Hall–Kier alpha value is -2.09. The number of unbranched alkanes of at least 4 members (excludes halogenated alkanes) is 2. The normalized spacial score (nSPS) is 11.8. The summed E-state index contributed by atoms with van der Waals surface area (Å²) in [6, 6.07) is 12.5. The Kier molecular flexibility index (Phi) is 3.32. The van der Waals surface area contributed by atoms with Gasteiger partial charge in [-0.1, -0.05) is 38.0 Å². The summed E-state index contributed by atoms with van der Waals surface area (Å²) in [5.74, 6) is 0. The van der Waals surface area contributed by atoms with Crippen molar-refractivity contribution in [1.82, 2.24) is 9.38 Å². The first-order valence-electron chi connectivity index (χ1n) is 6.92. The lowest BCUT2D eigenvalue weighted by atomic mass is 10.2. The van der Waals surface area contributed by atoms with Crippen LogP contribution in [0.2, 0.25) is 0 Å². The second-order valence-electron chi connectivity index (χ2n) is 4.79. The molecule has 0 unspecified atom stereocenters. The van der Waals surface area contributed by atoms with Crippen LogP contribution in [0, 0.1) is 0 Å². The van der Waals surface area contributed by atoms with E-state index in [1.807, 2.05) is 6.07 Å². The van der Waals surface area contributed by atoms with E-state index in [1.54, 1.807) is 0 Å². The fourth-order valence-electron chi connectivity index (χ4n) is 2.39. The third-order valence-corrected chi connectivity index (χ3v) is 3.39. The van der Waals surface area contributed by atoms with Crippen molar-refractivity contribution < 1.29 is 0 Å². The molecule has 0 saturated heterocycles. The van der Waals surface area contributed by atoms with Crippen molar-refractivity contribution in [2.75, 3.05) is 0 Å². The first kappa shape index (κ1) is 12.0. The Balaban J connectivity index is 2.11. The molecule has 2 heterocycles. The van der Waals surface area contributed by atoms with Crippen LogP contribution in [0.3, 0.4) is 0 Å². The Morgan fingerprint density at radius 2 is 1.95 bits per heavy atom. The summed E-state index contributed by atoms with van der Waals surface area (Å²) in [7, 11) is 0. The van der Waals surface area contributed by atoms with Crippen molar-refractivity contribution in [1.29, 1.82) is 0 Å². The van der Waals surface area contributed by atoms with Gasteiger partial charge in [-0.3, -0.25) is 0 Å². The Morgan fingerprint density at radius 1 is 1.11 bits per heavy atom. The van der Waals surface area contributed by atoms with Crippen molar-refractivity contribution in [2.24, 2.45) is 0 Å². The molecule has 0 aliphatic carbocycles. The fraction of sp³-hybridized carbons (Fsp3) is 0.235. The van der Waals surface area contributed by atoms with Crippen LogP contribution in [-0.2, 0) is 0 Å². The highest BCUT2D eigenvalue weighted by Crippen LogP contribution is 2.19. The molecule has 2 aromatic heterocycles. The Labute approximate surface area is 113 Å². The van der Waals surface area contributed by atoms with Gasteiger partial charge in [0.15, 0.2) is 0 Å². The number of hydrogen-bond donors (Lipinski definition) is 0. The van der Waals surface area contributed by atoms with E-state index in [-0.39, 0.29) is 0 Å². The predicted molar refractivity (Wildman–Crippen MR) is 81.3 cm³/mol. The van der Waals surface area contributed by atoms with Crippen LogP contribution in [0.25, 0.3) is 22.6 Å². The number of nitrogens with zero attached hydrogens (tertiary/aromatic N) is 2. The predicted octanol–water partition coefficient (Wildman–Crippen LogP) is 4.69. The summed E-state index contributed by atoms with van der Waals surface area (Å²) < 4.78 is 2.21. The van der Waals surface area contributed by atoms with E-state index in [0.29, 0.717) is 0 Å². The minimum Gasteiger partial charge on any atom is -0.313 e. The molecule has 1 aromatic carbocycles. The maximum atomic E-state index is 4.77. The maximum absolute atomic E-state index is 4.77. The van der Waals surface area contributed by atoms with Crippen LogP contribution in [0.15, 0.2) is 48.7 Å². The van der Waals surface area contributed by atoms with E-state index in [2.05, 4.69) is 60.0 Å². The van der Waals surface area contributed by atoms with Crippen LogP contribution in [0.5, 0.6) is 0 Å². The quantitative estimate of drug-likeness (QED) is 0.614. The molecule has 0 radical (unpaired) electrons. The molecule has 0 spiro atoms. The number of allylic oxidation sites excluding steroid dienone is 1. The first-order chi connectivity index (χ1) is 9.40. The standard InChI is InChI=1S/C17H18N2/c1-2-3-4-5-9-14-17-12-8-13-19(17)16-11-7-6-10-15(16)18-14/h5-13H,2-4H2,1H3/b9-5+. The zero-order valence-electron chi connectivity index (χ0n) is 11.2. The minimum atomic E-state index is 1.04. The van der Waals surface area contributed by atoms with E-state index in [1.165, 1.54) is 18.4 Å². The van der Waals surface area contributed by atoms with E-state index >= 15 is 0 Å². The second kappa shape index (κ2) is 5.27. The van der Waals surface area contributed by atoms with E-state index in [0.717, 1.165) is 23.1 Å². The van der Waals surface area contributed by atoms with Gasteiger partial charge in [-0.25, -0.2) is 4.98 Å². The lowest BCUT2D eigenvalue weighted by molar-refractivity contribution is 0.816. The molecule has 0 amide bonds. The van der Waals surface area contributed by atoms with Crippen LogP contribution in [0.4, 0.5) is 0 Å². The van der Waals surface area contributed by atoms with E-state index < -0.39 is 0 Å². The van der Waals surface area contributed by atoms with Gasteiger partial charge in [-0.2, -0.15) is 0 Å². The molecule has 0 aliphatic rings. The minimum absolute atomic E-state index is 1.04. The average Bonchev–Trinajstić information content (AvgIpc) is 2.93. The number of hydrogen-bond acceptors (Lipinski definition) is 1. The van der Waals surface area contributed by atoms with E-state index in [9.17, 15) is 0 Å². The van der Waals surface area contributed by atoms with Gasteiger partial charge >= 0.3 is 0 Å². The highest BCUT2D eigenvalue weighted by Gasteiger charge is 2.04. The summed E-state index contributed by atoms with van der Waals surface area (Å²) in [5, 5.41) is 0. The number of rotatable bonds is 4. The lowest BCUT2D eigenvalue weighted by Crippen LogP contribution is -1.93. The Morgan fingerprint density at radius 3 is 2.84 bits per heavy atom. The zero-order chi connectivity index (χ0) is 13.1. The third kappa shape index (κ3) is 2.26. The van der Waals surface area contributed by atoms with Crippen LogP contribution in [0.1, 0.15) is 31.9 Å². The molecule has 96 valence electrons. The van der Waals surface area contributed by atoms with Crippen molar-refractivity contribution >= 4 is 22.6 Å². The van der Waals surface area contributed by atoms with Crippen molar-refractivity contribution in [3.63, 3.8) is 0 Å². The van der Waals surface area contributed by atoms with Gasteiger partial charge in [0.05, 0.1) is 22.2 Å². The molecule has 0 aliphatic heterocycles. The molecule has 0 bridgehead atoms. The number of fused-ring (bicyclic) bond motifs is 3. The van der Waals surface area contributed by atoms with Gasteiger partial charge in [-0.15, -0.1) is 0 Å². The summed E-state index contributed by atoms with van der Waals surface area (Å²) in [6.07, 6.45) is 10.1. The van der Waals surface area contributed by atoms with Gasteiger partial charge in [0.25, 0.3) is 0 Å². The van der Waals surface area contributed by atoms with Crippen molar-refractivity contribution in [3.05, 3.63) is 54.4 Å². The first-order valence-corrected chi connectivity index (χ1v) is 6.92. The molecular weight excluding hydrogens is 232 g/mol. The van der Waals surface area contributed by atoms with Gasteiger partial charge in [-0.05, 0) is 36.8 Å². The maximum Gasteiger partial charge on any atom is 0.0878 e. The molecular formula is C17H18N2. The lowest BCUT2D eigenvalue weighted by Gasteiger charge is -2.05. The topological polar surface area (TPSA) is 17.3 Å². The van der Waals surface area contributed by atoms with Crippen LogP contribution < -0.4 is 0 Å². The summed E-state index contributed by atoms with van der Waals surface area (Å²) >= 11 is 0. The molecule has 0 fully saturated rings. The fourth-order valence-corrected chi connectivity index (χ4v) is 2.39. The van der Waals surface area contributed by atoms with Crippen LogP contribution in [-0.4, -0.2) is 9.38 Å².